The Hall–Kier alpha value is -2.66. The fourth-order valence-corrected chi connectivity index (χ4v) is 2.99. The molecular weight excluding hydrogens is 306 g/mol. The van der Waals surface area contributed by atoms with E-state index in [1.807, 2.05) is 36.4 Å². The number of thioether (sulfide) groups is 1. The van der Waals surface area contributed by atoms with Crippen LogP contribution < -0.4 is 5.43 Å². The Labute approximate surface area is 138 Å². The average molecular weight is 321 g/mol. The lowest BCUT2D eigenvalue weighted by Gasteiger charge is -2.05. The number of amides is 1. The maximum atomic E-state index is 11.9. The molecule has 1 amide bonds. The zero-order chi connectivity index (χ0) is 15.9. The van der Waals surface area contributed by atoms with Crippen LogP contribution in [0.1, 0.15) is 5.56 Å². The van der Waals surface area contributed by atoms with E-state index in [0.717, 1.165) is 15.8 Å². The van der Waals surface area contributed by atoms with Crippen LogP contribution in [-0.4, -0.2) is 22.9 Å². The predicted molar refractivity (Wildman–Crippen MR) is 94.6 cm³/mol. The number of carbonyl (C=O) groups excluding carboxylic acids is 1. The second-order valence-electron chi connectivity index (χ2n) is 4.84. The van der Waals surface area contributed by atoms with E-state index in [1.54, 1.807) is 18.6 Å². The molecule has 3 rings (SSSR count). The number of hydrogen-bond acceptors (Lipinski definition) is 4. The number of nitrogens with zero attached hydrogens (tertiary/aromatic N) is 2. The van der Waals surface area contributed by atoms with Crippen LogP contribution in [0, 0.1) is 0 Å². The van der Waals surface area contributed by atoms with Gasteiger partial charge >= 0.3 is 0 Å². The van der Waals surface area contributed by atoms with Gasteiger partial charge in [-0.1, -0.05) is 36.4 Å². The second-order valence-corrected chi connectivity index (χ2v) is 5.86. The Balaban J connectivity index is 1.57. The van der Waals surface area contributed by atoms with Crippen molar-refractivity contribution in [1.82, 2.24) is 10.4 Å². The number of hydrazone groups is 1. The molecule has 114 valence electrons. The van der Waals surface area contributed by atoms with Crippen molar-refractivity contribution in [2.24, 2.45) is 5.10 Å². The number of carbonyl (C=O) groups is 1. The molecule has 23 heavy (non-hydrogen) atoms. The summed E-state index contributed by atoms with van der Waals surface area (Å²) < 4.78 is 0. The van der Waals surface area contributed by atoms with Gasteiger partial charge < -0.3 is 0 Å². The smallest absolute Gasteiger partial charge is 0.250 e. The van der Waals surface area contributed by atoms with Crippen LogP contribution in [0.4, 0.5) is 0 Å². The van der Waals surface area contributed by atoms with Gasteiger partial charge in [-0.15, -0.1) is 11.8 Å². The minimum absolute atomic E-state index is 0.131. The molecule has 0 atom stereocenters. The Morgan fingerprint density at radius 2 is 1.87 bits per heavy atom. The fraction of sp³-hybridized carbons (Fsp3) is 0.0556. The molecule has 0 spiro atoms. The summed E-state index contributed by atoms with van der Waals surface area (Å²) in [6.07, 6.45) is 4.96. The molecule has 1 aromatic heterocycles. The maximum absolute atomic E-state index is 11.9. The van der Waals surface area contributed by atoms with Crippen LogP contribution in [0.2, 0.25) is 0 Å². The first-order valence-electron chi connectivity index (χ1n) is 7.15. The van der Waals surface area contributed by atoms with Gasteiger partial charge in [-0.25, -0.2) is 5.43 Å². The number of nitrogens with one attached hydrogen (secondary N) is 1. The highest BCUT2D eigenvalue weighted by Crippen LogP contribution is 2.27. The molecule has 5 heteroatoms. The molecule has 0 aliphatic heterocycles. The number of benzene rings is 2. The highest BCUT2D eigenvalue weighted by Gasteiger charge is 2.04. The van der Waals surface area contributed by atoms with Crippen molar-refractivity contribution >= 4 is 34.7 Å². The molecule has 0 unspecified atom stereocenters. The molecule has 1 N–H and O–H groups in total. The lowest BCUT2D eigenvalue weighted by molar-refractivity contribution is -0.118. The van der Waals surface area contributed by atoms with Gasteiger partial charge in [0, 0.05) is 17.3 Å². The van der Waals surface area contributed by atoms with Crippen LogP contribution in [0.5, 0.6) is 0 Å². The van der Waals surface area contributed by atoms with E-state index in [4.69, 9.17) is 0 Å². The van der Waals surface area contributed by atoms with Crippen molar-refractivity contribution in [3.8, 4) is 0 Å². The first kappa shape index (κ1) is 15.2. The van der Waals surface area contributed by atoms with E-state index >= 15 is 0 Å². The Kier molecular flexibility index (Phi) is 5.01. The number of aromatic nitrogens is 1. The van der Waals surface area contributed by atoms with Gasteiger partial charge in [0.25, 0.3) is 0 Å². The molecule has 0 saturated carbocycles. The molecule has 0 aliphatic carbocycles. The first-order valence-corrected chi connectivity index (χ1v) is 8.14. The van der Waals surface area contributed by atoms with E-state index < -0.39 is 0 Å². The third-order valence-electron chi connectivity index (χ3n) is 3.22. The summed E-state index contributed by atoms with van der Waals surface area (Å²) in [5, 5.41) is 6.29. The largest absolute Gasteiger partial charge is 0.272 e. The number of rotatable bonds is 5. The van der Waals surface area contributed by atoms with Crippen molar-refractivity contribution < 1.29 is 4.79 Å². The lowest BCUT2D eigenvalue weighted by atomic mass is 10.1. The monoisotopic (exact) mass is 321 g/mol. The molecule has 2 aromatic carbocycles. The van der Waals surface area contributed by atoms with E-state index in [-0.39, 0.29) is 5.91 Å². The van der Waals surface area contributed by atoms with Gasteiger partial charge in [-0.3, -0.25) is 9.78 Å². The molecule has 4 nitrogen and oxygen atoms in total. The lowest BCUT2D eigenvalue weighted by Crippen LogP contribution is -2.19. The van der Waals surface area contributed by atoms with Gasteiger partial charge in [-0.05, 0) is 34.5 Å². The first-order chi connectivity index (χ1) is 11.3. The van der Waals surface area contributed by atoms with Gasteiger partial charge in [0.1, 0.15) is 0 Å². The standard InChI is InChI=1S/C18H15N3OS/c22-18(21-20-12-14-8-10-19-11-9-14)13-23-17-7-3-5-15-4-1-2-6-16(15)17/h1-12H,13H2,(H,21,22). The average Bonchev–Trinajstić information content (AvgIpc) is 2.61. The van der Waals surface area contributed by atoms with Gasteiger partial charge in [0.15, 0.2) is 0 Å². The number of pyridine rings is 1. The summed E-state index contributed by atoms with van der Waals surface area (Å²) in [6, 6.07) is 17.9. The van der Waals surface area contributed by atoms with Crippen LogP contribution >= 0.6 is 11.8 Å². The topological polar surface area (TPSA) is 54.4 Å². The zero-order valence-electron chi connectivity index (χ0n) is 12.3. The van der Waals surface area contributed by atoms with Crippen LogP contribution in [-0.2, 0) is 4.79 Å². The summed E-state index contributed by atoms with van der Waals surface area (Å²) >= 11 is 1.51. The Morgan fingerprint density at radius 1 is 1.09 bits per heavy atom. The van der Waals surface area contributed by atoms with Crippen LogP contribution in [0.15, 0.2) is 77.0 Å². The predicted octanol–water partition coefficient (Wildman–Crippen LogP) is 3.48. The zero-order valence-corrected chi connectivity index (χ0v) is 13.2. The highest BCUT2D eigenvalue weighted by molar-refractivity contribution is 8.00. The van der Waals surface area contributed by atoms with Crippen molar-refractivity contribution in [3.05, 3.63) is 72.6 Å². The molecule has 0 fully saturated rings. The van der Waals surface area contributed by atoms with Gasteiger partial charge in [0.05, 0.1) is 12.0 Å². The molecule has 0 radical (unpaired) electrons. The van der Waals surface area contributed by atoms with Gasteiger partial charge in [-0.2, -0.15) is 5.10 Å². The summed E-state index contributed by atoms with van der Waals surface area (Å²) in [6.45, 7) is 0. The number of fused-ring (bicyclic) bond motifs is 1. The summed E-state index contributed by atoms with van der Waals surface area (Å²) in [7, 11) is 0. The van der Waals surface area contributed by atoms with E-state index in [0.29, 0.717) is 5.75 Å². The molecule has 0 aliphatic rings. The Bertz CT molecular complexity index is 829. The van der Waals surface area contributed by atoms with Crippen molar-refractivity contribution in [2.75, 3.05) is 5.75 Å². The van der Waals surface area contributed by atoms with E-state index in [9.17, 15) is 4.79 Å². The normalized spacial score (nSPS) is 11.0. The van der Waals surface area contributed by atoms with E-state index in [2.05, 4.69) is 33.7 Å². The summed E-state index contributed by atoms with van der Waals surface area (Å²) in [4.78, 5) is 16.9. The molecule has 0 bridgehead atoms. The minimum atomic E-state index is -0.131. The third-order valence-corrected chi connectivity index (χ3v) is 4.29. The fourth-order valence-electron chi connectivity index (χ4n) is 2.13. The number of hydrogen-bond donors (Lipinski definition) is 1. The van der Waals surface area contributed by atoms with Crippen LogP contribution in [0.3, 0.4) is 0 Å². The SMILES string of the molecule is O=C(CSc1cccc2ccccc12)NN=Cc1ccncc1. The Morgan fingerprint density at radius 3 is 2.74 bits per heavy atom. The summed E-state index contributed by atoms with van der Waals surface area (Å²) in [5.41, 5.74) is 3.43. The molecule has 3 aromatic rings. The third kappa shape index (κ3) is 4.17. The highest BCUT2D eigenvalue weighted by atomic mass is 32.2. The van der Waals surface area contributed by atoms with Crippen molar-refractivity contribution in [2.45, 2.75) is 4.90 Å². The minimum Gasteiger partial charge on any atom is -0.272 e. The molecule has 0 saturated heterocycles. The maximum Gasteiger partial charge on any atom is 0.250 e. The summed E-state index contributed by atoms with van der Waals surface area (Å²) in [5.74, 6) is 0.190. The molecular formula is C18H15N3OS. The van der Waals surface area contributed by atoms with Crippen molar-refractivity contribution in [1.29, 1.82) is 0 Å². The van der Waals surface area contributed by atoms with Crippen LogP contribution in [0.25, 0.3) is 10.8 Å². The second kappa shape index (κ2) is 7.56. The van der Waals surface area contributed by atoms with Gasteiger partial charge in [0.2, 0.25) is 5.91 Å². The van der Waals surface area contributed by atoms with Crippen molar-refractivity contribution in [3.63, 3.8) is 0 Å². The van der Waals surface area contributed by atoms with E-state index in [1.165, 1.54) is 17.1 Å². The molecule has 1 heterocycles. The quantitative estimate of drug-likeness (QED) is 0.445.